The average molecular weight is 572 g/mol. The maximum Gasteiger partial charge on any atom is 0.310 e. The van der Waals surface area contributed by atoms with Crippen molar-refractivity contribution in [1.29, 1.82) is 0 Å². The predicted octanol–water partition coefficient (Wildman–Crippen LogP) is 4.68. The lowest BCUT2D eigenvalue weighted by Crippen LogP contribution is -2.36. The molecule has 1 aliphatic carbocycles. The molecule has 1 saturated heterocycles. The Kier molecular flexibility index (Phi) is 6.33. The summed E-state index contributed by atoms with van der Waals surface area (Å²) in [5.74, 6) is 0.185. The lowest BCUT2D eigenvalue weighted by molar-refractivity contribution is -0.153. The van der Waals surface area contributed by atoms with E-state index in [1.807, 2.05) is 54.7 Å². The number of cyclic esters (lactones) is 1. The number of hydrogen-bond acceptors (Lipinski definition) is 9. The Labute approximate surface area is 241 Å². The molecule has 3 aromatic carbocycles. The highest BCUT2D eigenvalue weighted by molar-refractivity contribution is 5.87. The van der Waals surface area contributed by atoms with E-state index in [0.29, 0.717) is 28.7 Å². The fourth-order valence-corrected chi connectivity index (χ4v) is 6.56. The Bertz CT molecular complexity index is 1680. The van der Waals surface area contributed by atoms with Crippen molar-refractivity contribution in [3.63, 3.8) is 0 Å². The summed E-state index contributed by atoms with van der Waals surface area (Å²) in [5, 5.41) is 0.960. The first-order valence-electron chi connectivity index (χ1n) is 13.6. The summed E-state index contributed by atoms with van der Waals surface area (Å²) in [6.07, 6.45) is 1.16. The highest BCUT2D eigenvalue weighted by Gasteiger charge is 2.54. The maximum atomic E-state index is 13.5. The Morgan fingerprint density at radius 3 is 2.36 bits per heavy atom. The number of esters is 2. The normalized spacial score (nSPS) is 21.8. The second-order valence-corrected chi connectivity index (χ2v) is 10.5. The predicted molar refractivity (Wildman–Crippen MR) is 149 cm³/mol. The Morgan fingerprint density at radius 1 is 0.929 bits per heavy atom. The van der Waals surface area contributed by atoms with Gasteiger partial charge in [-0.1, -0.05) is 18.2 Å². The molecular formula is C32H29NO9. The van der Waals surface area contributed by atoms with Crippen LogP contribution in [0.4, 0.5) is 0 Å². The minimum atomic E-state index is -0.734. The summed E-state index contributed by atoms with van der Waals surface area (Å²) >= 11 is 0. The summed E-state index contributed by atoms with van der Waals surface area (Å²) < 4.78 is 40.1. The number of aromatic amines is 1. The molecule has 0 amide bonds. The number of benzene rings is 3. The molecule has 10 nitrogen and oxygen atoms in total. The van der Waals surface area contributed by atoms with Crippen molar-refractivity contribution in [2.45, 2.75) is 18.4 Å². The number of carbonyl (C=O) groups is 2. The van der Waals surface area contributed by atoms with Crippen LogP contribution in [0.1, 0.15) is 34.3 Å². The molecule has 42 heavy (non-hydrogen) atoms. The summed E-state index contributed by atoms with van der Waals surface area (Å²) in [4.78, 5) is 30.1. The second-order valence-electron chi connectivity index (χ2n) is 10.5. The quantitative estimate of drug-likeness (QED) is 0.316. The number of H-pyrrole nitrogens is 1. The van der Waals surface area contributed by atoms with E-state index in [0.717, 1.165) is 33.2 Å². The van der Waals surface area contributed by atoms with Crippen LogP contribution in [-0.2, 0) is 25.5 Å². The molecule has 7 rings (SSSR count). The van der Waals surface area contributed by atoms with Gasteiger partial charge in [0.05, 0.1) is 40.3 Å². The molecule has 0 unspecified atom stereocenters. The summed E-state index contributed by atoms with van der Waals surface area (Å²) in [7, 11) is 4.63. The number of fused-ring (bicyclic) bond motifs is 4. The number of methoxy groups -OCH3 is 3. The third-order valence-corrected chi connectivity index (χ3v) is 8.43. The maximum absolute atomic E-state index is 13.5. The van der Waals surface area contributed by atoms with Crippen molar-refractivity contribution < 1.29 is 42.7 Å². The number of rotatable bonds is 7. The molecule has 2 aliphatic heterocycles. The smallest absolute Gasteiger partial charge is 0.310 e. The van der Waals surface area contributed by atoms with Gasteiger partial charge >= 0.3 is 11.9 Å². The standard InChI is InChI=1S/C32H29NO9/c1-36-25-8-16(9-26(37-2)31(25)38-3)28-19-11-23-24(41-15-40-23)12-20(19)30(21-14-39-32(35)29(21)28)42-27(34)10-17-13-33-22-7-5-4-6-18(17)22/h4-9,11-13,21,28-30,33H,10,14-15H2,1-3H3/t21-,28+,29-,30-/m0/s1. The molecule has 4 atom stereocenters. The van der Waals surface area contributed by atoms with Crippen LogP contribution in [-0.4, -0.2) is 51.7 Å². The van der Waals surface area contributed by atoms with Gasteiger partial charge in [0.2, 0.25) is 12.5 Å². The molecule has 10 heteroatoms. The Hall–Kier alpha value is -4.86. The number of ether oxygens (including phenoxy) is 7. The van der Waals surface area contributed by atoms with Gasteiger partial charge < -0.3 is 38.1 Å². The van der Waals surface area contributed by atoms with Crippen molar-refractivity contribution in [3.8, 4) is 28.7 Å². The number of nitrogens with one attached hydrogen (secondary N) is 1. The SMILES string of the molecule is COc1cc([C@@H]2c3cc4c(cc3[C@H](OC(=O)Cc3c[nH]c5ccccc35)[C@H]3COC(=O)[C@H]23)OCO4)cc(OC)c1OC. The van der Waals surface area contributed by atoms with E-state index >= 15 is 0 Å². The molecular weight excluding hydrogens is 542 g/mol. The molecule has 0 radical (unpaired) electrons. The third-order valence-electron chi connectivity index (χ3n) is 8.43. The van der Waals surface area contributed by atoms with E-state index < -0.39 is 29.8 Å². The fourth-order valence-electron chi connectivity index (χ4n) is 6.56. The zero-order chi connectivity index (χ0) is 29.0. The van der Waals surface area contributed by atoms with E-state index in [9.17, 15) is 9.59 Å². The van der Waals surface area contributed by atoms with Gasteiger partial charge in [-0.2, -0.15) is 0 Å². The van der Waals surface area contributed by atoms with Crippen molar-refractivity contribution in [3.05, 3.63) is 77.0 Å². The van der Waals surface area contributed by atoms with Crippen molar-refractivity contribution in [2.75, 3.05) is 34.7 Å². The molecule has 1 aromatic heterocycles. The minimum Gasteiger partial charge on any atom is -0.493 e. The fraction of sp³-hybridized carbons (Fsp3) is 0.312. The first-order chi connectivity index (χ1) is 20.5. The Morgan fingerprint density at radius 2 is 1.64 bits per heavy atom. The molecule has 0 bridgehead atoms. The number of carbonyl (C=O) groups excluding carboxylic acids is 2. The van der Waals surface area contributed by atoms with Gasteiger partial charge in [0.1, 0.15) is 6.10 Å². The van der Waals surface area contributed by atoms with Gasteiger partial charge in [-0.3, -0.25) is 9.59 Å². The number of aromatic nitrogens is 1. The van der Waals surface area contributed by atoms with Gasteiger partial charge in [-0.15, -0.1) is 0 Å². The molecule has 216 valence electrons. The zero-order valence-corrected chi connectivity index (χ0v) is 23.3. The van der Waals surface area contributed by atoms with Crippen LogP contribution in [0.3, 0.4) is 0 Å². The van der Waals surface area contributed by atoms with Crippen LogP contribution >= 0.6 is 0 Å². The summed E-state index contributed by atoms with van der Waals surface area (Å²) in [6, 6.07) is 15.2. The molecule has 3 heterocycles. The average Bonchev–Trinajstić information content (AvgIpc) is 3.74. The van der Waals surface area contributed by atoms with Crippen molar-refractivity contribution in [2.24, 2.45) is 11.8 Å². The van der Waals surface area contributed by atoms with Gasteiger partial charge in [-0.25, -0.2) is 0 Å². The lowest BCUT2D eigenvalue weighted by atomic mass is 9.66. The first-order valence-corrected chi connectivity index (χ1v) is 13.6. The van der Waals surface area contributed by atoms with Gasteiger partial charge in [0.25, 0.3) is 0 Å². The largest absolute Gasteiger partial charge is 0.493 e. The van der Waals surface area contributed by atoms with Gasteiger partial charge in [0, 0.05) is 34.5 Å². The molecule has 1 N–H and O–H groups in total. The van der Waals surface area contributed by atoms with Crippen LogP contribution in [0.25, 0.3) is 10.9 Å². The van der Waals surface area contributed by atoms with Crippen LogP contribution in [0.5, 0.6) is 28.7 Å². The highest BCUT2D eigenvalue weighted by Crippen LogP contribution is 2.56. The van der Waals surface area contributed by atoms with E-state index in [-0.39, 0.29) is 25.8 Å². The van der Waals surface area contributed by atoms with Gasteiger partial charge in [0.15, 0.2) is 23.0 Å². The molecule has 1 fully saturated rings. The van der Waals surface area contributed by atoms with E-state index in [2.05, 4.69) is 4.98 Å². The van der Waals surface area contributed by atoms with Crippen LogP contribution in [0, 0.1) is 11.8 Å². The van der Waals surface area contributed by atoms with Crippen LogP contribution < -0.4 is 23.7 Å². The summed E-state index contributed by atoms with van der Waals surface area (Å²) in [6.45, 7) is 0.191. The van der Waals surface area contributed by atoms with Crippen LogP contribution in [0.15, 0.2) is 54.7 Å². The van der Waals surface area contributed by atoms with E-state index in [1.54, 1.807) is 14.2 Å². The topological polar surface area (TPSA) is 115 Å². The highest BCUT2D eigenvalue weighted by atomic mass is 16.7. The molecule has 4 aromatic rings. The minimum absolute atomic E-state index is 0.0723. The number of hydrogen-bond donors (Lipinski definition) is 1. The second kappa shape index (κ2) is 10.2. The van der Waals surface area contributed by atoms with Crippen LogP contribution in [0.2, 0.25) is 0 Å². The molecule has 0 saturated carbocycles. The molecule has 0 spiro atoms. The van der Waals surface area contributed by atoms with Crippen molar-refractivity contribution in [1.82, 2.24) is 4.98 Å². The van der Waals surface area contributed by atoms with Crippen molar-refractivity contribution >= 4 is 22.8 Å². The van der Waals surface area contributed by atoms with E-state index in [1.165, 1.54) is 7.11 Å². The van der Waals surface area contributed by atoms with E-state index in [4.69, 9.17) is 33.2 Å². The number of para-hydroxylation sites is 1. The molecule has 3 aliphatic rings. The Balaban J connectivity index is 1.32. The zero-order valence-electron chi connectivity index (χ0n) is 23.3. The lowest BCUT2D eigenvalue weighted by Gasteiger charge is -2.38. The monoisotopic (exact) mass is 571 g/mol. The summed E-state index contributed by atoms with van der Waals surface area (Å²) in [5.41, 5.74) is 4.06. The third kappa shape index (κ3) is 4.08. The first kappa shape index (κ1) is 26.1. The van der Waals surface area contributed by atoms with Gasteiger partial charge in [-0.05, 0) is 47.0 Å².